The number of benzene rings is 1. The fraction of sp³-hybridized carbons (Fsp3) is 0.529. The first-order chi connectivity index (χ1) is 9.34. The van der Waals surface area contributed by atoms with Gasteiger partial charge in [-0.25, -0.2) is 0 Å². The van der Waals surface area contributed by atoms with Crippen LogP contribution < -0.4 is 0 Å². The van der Waals surface area contributed by atoms with E-state index in [1.54, 1.807) is 5.56 Å². The highest BCUT2D eigenvalue weighted by molar-refractivity contribution is 5.85. The Morgan fingerprint density at radius 3 is 2.95 bits per heavy atom. The molecule has 0 spiro atoms. The van der Waals surface area contributed by atoms with E-state index < -0.39 is 0 Å². The highest BCUT2D eigenvalue weighted by Crippen LogP contribution is 2.41. The van der Waals surface area contributed by atoms with E-state index in [0.29, 0.717) is 6.04 Å². The number of rotatable bonds is 0. The zero-order chi connectivity index (χ0) is 12.8. The van der Waals surface area contributed by atoms with Gasteiger partial charge in [0.2, 0.25) is 0 Å². The molecule has 2 aromatic rings. The standard InChI is InChI=1S/C17H22N2/c1-12-6-4-10-19-11-5-8-14-13-7-2-3-9-15(13)18-16(14)17(12)19/h2-3,7,9,12,17-18H,4-6,8,10-11H2,1H3/t12-,17+/m0/s1. The second kappa shape index (κ2) is 4.38. The van der Waals surface area contributed by atoms with Crippen LogP contribution in [0, 0.1) is 5.92 Å². The topological polar surface area (TPSA) is 19.0 Å². The van der Waals surface area contributed by atoms with Crippen LogP contribution in [-0.2, 0) is 6.42 Å². The molecule has 1 saturated heterocycles. The summed E-state index contributed by atoms with van der Waals surface area (Å²) in [7, 11) is 0. The highest BCUT2D eigenvalue weighted by atomic mass is 15.2. The summed E-state index contributed by atoms with van der Waals surface area (Å²) in [5.74, 6) is 0.777. The molecule has 1 aromatic heterocycles. The minimum absolute atomic E-state index is 0.624. The van der Waals surface area contributed by atoms with Crippen LogP contribution in [0.3, 0.4) is 0 Å². The van der Waals surface area contributed by atoms with E-state index in [0.717, 1.165) is 5.92 Å². The van der Waals surface area contributed by atoms with Crippen LogP contribution in [0.5, 0.6) is 0 Å². The van der Waals surface area contributed by atoms with Crippen LogP contribution >= 0.6 is 0 Å². The lowest BCUT2D eigenvalue weighted by atomic mass is 9.88. The summed E-state index contributed by atoms with van der Waals surface area (Å²) in [6.45, 7) is 4.98. The van der Waals surface area contributed by atoms with Gasteiger partial charge in [0.15, 0.2) is 0 Å². The number of aromatic amines is 1. The molecule has 2 heteroatoms. The number of hydrogen-bond acceptors (Lipinski definition) is 1. The second-order valence-corrected chi connectivity index (χ2v) is 6.27. The normalized spacial score (nSPS) is 27.8. The van der Waals surface area contributed by atoms with Crippen LogP contribution in [0.1, 0.15) is 43.5 Å². The molecule has 0 unspecified atom stereocenters. The smallest absolute Gasteiger partial charge is 0.0527 e. The first-order valence-corrected chi connectivity index (χ1v) is 7.68. The molecule has 0 aliphatic carbocycles. The van der Waals surface area contributed by atoms with Gasteiger partial charge in [-0.1, -0.05) is 25.1 Å². The molecular formula is C17H22N2. The molecule has 19 heavy (non-hydrogen) atoms. The van der Waals surface area contributed by atoms with Crippen molar-refractivity contribution < 1.29 is 0 Å². The van der Waals surface area contributed by atoms with Gasteiger partial charge < -0.3 is 4.98 Å². The van der Waals surface area contributed by atoms with Gasteiger partial charge in [0, 0.05) is 16.6 Å². The summed E-state index contributed by atoms with van der Waals surface area (Å²) in [6, 6.07) is 9.44. The van der Waals surface area contributed by atoms with Crippen molar-refractivity contribution in [3.8, 4) is 0 Å². The minimum Gasteiger partial charge on any atom is -0.357 e. The molecular weight excluding hydrogens is 232 g/mol. The Hall–Kier alpha value is -1.28. The van der Waals surface area contributed by atoms with Crippen molar-refractivity contribution in [2.24, 2.45) is 5.92 Å². The van der Waals surface area contributed by atoms with Gasteiger partial charge in [-0.05, 0) is 56.3 Å². The van der Waals surface area contributed by atoms with Crippen molar-refractivity contribution in [2.75, 3.05) is 13.1 Å². The fourth-order valence-corrected chi connectivity index (χ4v) is 4.19. The van der Waals surface area contributed by atoms with Gasteiger partial charge in [-0.15, -0.1) is 0 Å². The molecule has 1 aromatic carbocycles. The molecule has 3 heterocycles. The van der Waals surface area contributed by atoms with E-state index in [1.165, 1.54) is 55.4 Å². The Morgan fingerprint density at radius 1 is 1.16 bits per heavy atom. The van der Waals surface area contributed by atoms with Crippen LogP contribution in [0.15, 0.2) is 24.3 Å². The van der Waals surface area contributed by atoms with E-state index >= 15 is 0 Å². The van der Waals surface area contributed by atoms with E-state index in [2.05, 4.69) is 41.1 Å². The molecule has 2 aliphatic heterocycles. The van der Waals surface area contributed by atoms with Gasteiger partial charge in [0.25, 0.3) is 0 Å². The maximum atomic E-state index is 3.74. The van der Waals surface area contributed by atoms with Crippen LogP contribution in [0.25, 0.3) is 10.9 Å². The van der Waals surface area contributed by atoms with Gasteiger partial charge in [0.1, 0.15) is 0 Å². The zero-order valence-electron chi connectivity index (χ0n) is 11.7. The Morgan fingerprint density at radius 2 is 2.00 bits per heavy atom. The number of H-pyrrole nitrogens is 1. The Kier molecular flexibility index (Phi) is 2.66. The quantitative estimate of drug-likeness (QED) is 0.755. The molecule has 2 nitrogen and oxygen atoms in total. The average Bonchev–Trinajstić information content (AvgIpc) is 2.67. The molecule has 4 rings (SSSR count). The van der Waals surface area contributed by atoms with Crippen molar-refractivity contribution in [1.82, 2.24) is 9.88 Å². The number of aryl methyl sites for hydroxylation is 1. The van der Waals surface area contributed by atoms with Crippen molar-refractivity contribution in [2.45, 2.75) is 38.6 Å². The van der Waals surface area contributed by atoms with Crippen molar-refractivity contribution >= 4 is 10.9 Å². The summed E-state index contributed by atoms with van der Waals surface area (Å²) in [6.07, 6.45) is 5.28. The summed E-state index contributed by atoms with van der Waals surface area (Å²) in [5.41, 5.74) is 4.44. The monoisotopic (exact) mass is 254 g/mol. The Bertz CT molecular complexity index is 598. The molecule has 0 radical (unpaired) electrons. The SMILES string of the molecule is C[C@H]1CCCN2CCCc3c([nH]c4ccccc34)[C@@H]12. The molecule has 1 N–H and O–H groups in total. The molecule has 100 valence electrons. The van der Waals surface area contributed by atoms with Crippen molar-refractivity contribution in [3.63, 3.8) is 0 Å². The van der Waals surface area contributed by atoms with Gasteiger partial charge in [0.05, 0.1) is 6.04 Å². The molecule has 2 atom stereocenters. The van der Waals surface area contributed by atoms with Crippen LogP contribution in [-0.4, -0.2) is 23.0 Å². The Balaban J connectivity index is 1.90. The Labute approximate surface area is 114 Å². The second-order valence-electron chi connectivity index (χ2n) is 6.27. The molecule has 0 bridgehead atoms. The number of nitrogens with one attached hydrogen (secondary N) is 1. The molecule has 0 saturated carbocycles. The summed E-state index contributed by atoms with van der Waals surface area (Å²) in [5, 5.41) is 1.46. The predicted octanol–water partition coefficient (Wildman–Crippen LogP) is 3.89. The van der Waals surface area contributed by atoms with Crippen LogP contribution in [0.4, 0.5) is 0 Å². The first kappa shape index (κ1) is 11.5. The summed E-state index contributed by atoms with van der Waals surface area (Å²) in [4.78, 5) is 6.46. The fourth-order valence-electron chi connectivity index (χ4n) is 4.19. The maximum absolute atomic E-state index is 3.74. The van der Waals surface area contributed by atoms with Gasteiger partial charge >= 0.3 is 0 Å². The maximum Gasteiger partial charge on any atom is 0.0527 e. The highest BCUT2D eigenvalue weighted by Gasteiger charge is 2.34. The predicted molar refractivity (Wildman–Crippen MR) is 79.3 cm³/mol. The third kappa shape index (κ3) is 1.73. The summed E-state index contributed by atoms with van der Waals surface area (Å²) >= 11 is 0. The van der Waals surface area contributed by atoms with Crippen molar-refractivity contribution in [3.05, 3.63) is 35.5 Å². The van der Waals surface area contributed by atoms with E-state index in [-0.39, 0.29) is 0 Å². The average molecular weight is 254 g/mol. The van der Waals surface area contributed by atoms with E-state index in [1.807, 2.05) is 0 Å². The number of hydrogen-bond donors (Lipinski definition) is 1. The minimum atomic E-state index is 0.624. The number of piperidine rings is 1. The molecule has 0 amide bonds. The third-order valence-electron chi connectivity index (χ3n) is 5.05. The van der Waals surface area contributed by atoms with Gasteiger partial charge in [-0.2, -0.15) is 0 Å². The lowest BCUT2D eigenvalue weighted by molar-refractivity contribution is 0.102. The number of aromatic nitrogens is 1. The number of nitrogens with zero attached hydrogens (tertiary/aromatic N) is 1. The molecule has 1 fully saturated rings. The largest absolute Gasteiger partial charge is 0.357 e. The van der Waals surface area contributed by atoms with E-state index in [4.69, 9.17) is 0 Å². The summed E-state index contributed by atoms with van der Waals surface area (Å²) < 4.78 is 0. The van der Waals surface area contributed by atoms with E-state index in [9.17, 15) is 0 Å². The number of fused-ring (bicyclic) bond motifs is 5. The zero-order valence-corrected chi connectivity index (χ0v) is 11.7. The molecule has 2 aliphatic rings. The third-order valence-corrected chi connectivity index (χ3v) is 5.05. The van der Waals surface area contributed by atoms with Crippen LogP contribution in [0.2, 0.25) is 0 Å². The lowest BCUT2D eigenvalue weighted by Crippen LogP contribution is -2.38. The first-order valence-electron chi connectivity index (χ1n) is 7.68. The lowest BCUT2D eigenvalue weighted by Gasteiger charge is -2.38. The van der Waals surface area contributed by atoms with Crippen molar-refractivity contribution in [1.29, 1.82) is 0 Å². The van der Waals surface area contributed by atoms with Gasteiger partial charge in [-0.3, -0.25) is 4.90 Å². The number of para-hydroxylation sites is 1.